The van der Waals surface area contributed by atoms with E-state index in [0.29, 0.717) is 10.8 Å². The van der Waals surface area contributed by atoms with Crippen LogP contribution >= 0.6 is 11.5 Å². The Hall–Kier alpha value is -2.89. The second-order valence-corrected chi connectivity index (χ2v) is 9.94. The summed E-state index contributed by atoms with van der Waals surface area (Å²) >= 11 is 1.11. The Morgan fingerprint density at radius 2 is 1.34 bits per heavy atom. The van der Waals surface area contributed by atoms with E-state index in [1.807, 2.05) is 35.2 Å². The monoisotopic (exact) mass is 507 g/mol. The van der Waals surface area contributed by atoms with Gasteiger partial charge in [-0.15, -0.1) is 0 Å². The van der Waals surface area contributed by atoms with Gasteiger partial charge in [0.2, 0.25) is 23.7 Å². The lowest BCUT2D eigenvalue weighted by atomic mass is 9.86. The normalized spacial score (nSPS) is 20.6. The van der Waals surface area contributed by atoms with Crippen molar-refractivity contribution in [3.8, 4) is 22.2 Å². The number of hydrogen-bond donors (Lipinski definition) is 1. The average Bonchev–Trinajstić information content (AvgIpc) is 3.32. The first-order chi connectivity index (χ1) is 16.7. The summed E-state index contributed by atoms with van der Waals surface area (Å²) in [5, 5.41) is 0.435. The fourth-order valence-electron chi connectivity index (χ4n) is 4.84. The van der Waals surface area contributed by atoms with Gasteiger partial charge in [-0.2, -0.15) is 19.3 Å². The molecular weight excluding hydrogens is 482 g/mol. The summed E-state index contributed by atoms with van der Waals surface area (Å²) < 4.78 is 59.9. The molecule has 0 spiro atoms. The zero-order chi connectivity index (χ0) is 24.6. The minimum absolute atomic E-state index is 0.0475. The summed E-state index contributed by atoms with van der Waals surface area (Å²) in [4.78, 5) is 19.5. The summed E-state index contributed by atoms with van der Waals surface area (Å²) in [7, 11) is 0. The van der Waals surface area contributed by atoms with Gasteiger partial charge in [0.1, 0.15) is 0 Å². The van der Waals surface area contributed by atoms with Crippen LogP contribution in [0.2, 0.25) is 0 Å². The molecular formula is C23H25F4N7S. The van der Waals surface area contributed by atoms with E-state index < -0.39 is 11.8 Å². The van der Waals surface area contributed by atoms with Crippen molar-refractivity contribution in [1.29, 1.82) is 0 Å². The predicted molar refractivity (Wildman–Crippen MR) is 125 cm³/mol. The Kier molecular flexibility index (Phi) is 6.32. The number of aromatic nitrogens is 5. The highest BCUT2D eigenvalue weighted by molar-refractivity contribution is 7.09. The molecule has 0 aliphatic heterocycles. The van der Waals surface area contributed by atoms with E-state index in [2.05, 4.69) is 24.3 Å². The summed E-state index contributed by atoms with van der Waals surface area (Å²) in [6, 6.07) is 8.84. The van der Waals surface area contributed by atoms with E-state index in [4.69, 9.17) is 5.73 Å². The third-order valence-electron chi connectivity index (χ3n) is 6.68. The van der Waals surface area contributed by atoms with Crippen molar-refractivity contribution < 1.29 is 17.6 Å². The van der Waals surface area contributed by atoms with E-state index in [0.717, 1.165) is 17.1 Å². The minimum atomic E-state index is -2.72. The van der Waals surface area contributed by atoms with Crippen molar-refractivity contribution >= 4 is 23.4 Å². The van der Waals surface area contributed by atoms with Crippen LogP contribution in [0.1, 0.15) is 51.4 Å². The largest absolute Gasteiger partial charge is 0.368 e. The highest BCUT2D eigenvalue weighted by Crippen LogP contribution is 2.41. The third kappa shape index (κ3) is 5.36. The molecule has 2 fully saturated rings. The van der Waals surface area contributed by atoms with Gasteiger partial charge in [-0.3, -0.25) is 0 Å². The number of halogens is 4. The smallest absolute Gasteiger partial charge is 0.248 e. The van der Waals surface area contributed by atoms with Gasteiger partial charge in [0.05, 0.1) is 0 Å². The molecule has 2 aromatic heterocycles. The molecule has 0 unspecified atom stereocenters. The number of alkyl halides is 4. The molecule has 12 heteroatoms. The van der Waals surface area contributed by atoms with Gasteiger partial charge in [0.25, 0.3) is 0 Å². The third-order valence-corrected chi connectivity index (χ3v) is 7.39. The van der Waals surface area contributed by atoms with Crippen molar-refractivity contribution in [1.82, 2.24) is 24.3 Å². The van der Waals surface area contributed by atoms with E-state index >= 15 is 0 Å². The summed E-state index contributed by atoms with van der Waals surface area (Å²) in [5.74, 6) is -4.52. The van der Waals surface area contributed by atoms with Crippen LogP contribution in [0.4, 0.5) is 29.5 Å². The van der Waals surface area contributed by atoms with E-state index in [1.54, 1.807) is 0 Å². The Balaban J connectivity index is 1.48. The number of nitrogen functional groups attached to an aromatic ring is 1. The molecule has 0 amide bonds. The summed E-state index contributed by atoms with van der Waals surface area (Å²) in [5.41, 5.74) is 6.86. The van der Waals surface area contributed by atoms with Gasteiger partial charge < -0.3 is 10.6 Å². The van der Waals surface area contributed by atoms with Gasteiger partial charge in [-0.05, 0) is 37.2 Å². The van der Waals surface area contributed by atoms with Gasteiger partial charge in [0.15, 0.2) is 16.7 Å². The maximum Gasteiger partial charge on any atom is 0.248 e. The molecule has 35 heavy (non-hydrogen) atoms. The van der Waals surface area contributed by atoms with Crippen LogP contribution in [0, 0.1) is 0 Å². The Morgan fingerprint density at radius 1 is 0.771 bits per heavy atom. The lowest BCUT2D eigenvalue weighted by Gasteiger charge is -2.43. The molecule has 0 radical (unpaired) electrons. The Labute approximate surface area is 204 Å². The van der Waals surface area contributed by atoms with Crippen LogP contribution < -0.4 is 10.6 Å². The summed E-state index contributed by atoms with van der Waals surface area (Å²) in [6.07, 6.45) is -0.170. The number of anilines is 2. The van der Waals surface area contributed by atoms with Gasteiger partial charge in [-0.1, -0.05) is 30.3 Å². The molecule has 186 valence electrons. The second kappa shape index (κ2) is 9.29. The van der Waals surface area contributed by atoms with Gasteiger partial charge in [0, 0.05) is 43.3 Å². The molecule has 1 aromatic carbocycles. The van der Waals surface area contributed by atoms with Crippen LogP contribution in [-0.4, -0.2) is 48.2 Å². The fourth-order valence-corrected chi connectivity index (χ4v) is 5.46. The molecule has 2 aliphatic rings. The molecule has 3 aromatic rings. The highest BCUT2D eigenvalue weighted by atomic mass is 32.1. The van der Waals surface area contributed by atoms with Crippen LogP contribution in [0.5, 0.6) is 0 Å². The number of nitrogens with zero attached hydrogens (tertiary/aromatic N) is 6. The average molecular weight is 508 g/mol. The number of nitrogens with two attached hydrogens (primary N) is 1. The molecule has 7 nitrogen and oxygen atoms in total. The van der Waals surface area contributed by atoms with E-state index in [-0.39, 0.29) is 81.2 Å². The first-order valence-electron chi connectivity index (χ1n) is 11.6. The van der Waals surface area contributed by atoms with Crippen LogP contribution in [-0.2, 0) is 0 Å². The molecule has 2 aliphatic carbocycles. The predicted octanol–water partition coefficient (Wildman–Crippen LogP) is 5.60. The maximum absolute atomic E-state index is 13.9. The number of rotatable bonds is 5. The maximum atomic E-state index is 13.9. The summed E-state index contributed by atoms with van der Waals surface area (Å²) in [6.45, 7) is 0. The molecule has 0 bridgehead atoms. The van der Waals surface area contributed by atoms with Crippen molar-refractivity contribution in [2.45, 2.75) is 75.3 Å². The first kappa shape index (κ1) is 23.8. The lowest BCUT2D eigenvalue weighted by molar-refractivity contribution is -0.0459. The van der Waals surface area contributed by atoms with Crippen LogP contribution in [0.15, 0.2) is 30.3 Å². The Bertz CT molecular complexity index is 1130. The van der Waals surface area contributed by atoms with Crippen molar-refractivity contribution in [2.24, 2.45) is 0 Å². The van der Waals surface area contributed by atoms with E-state index in [9.17, 15) is 17.6 Å². The molecule has 5 rings (SSSR count). The molecule has 2 heterocycles. The molecule has 0 saturated heterocycles. The topological polar surface area (TPSA) is 93.7 Å². The standard InChI is InChI=1S/C23H25F4N7S/c24-22(25)10-6-15(7-11-22)34(16-8-12-23(26,27)13-9-16)21-31-18(30-20(28)32-21)19-29-17(33-35-19)14-4-2-1-3-5-14/h1-5,15-16H,6-13H2,(H2,28,30,31,32). The lowest BCUT2D eigenvalue weighted by Crippen LogP contribution is -2.50. The highest BCUT2D eigenvalue weighted by Gasteiger charge is 2.43. The number of hydrogen-bond acceptors (Lipinski definition) is 8. The first-order valence-corrected chi connectivity index (χ1v) is 12.4. The zero-order valence-corrected chi connectivity index (χ0v) is 19.7. The van der Waals surface area contributed by atoms with Crippen LogP contribution in [0.3, 0.4) is 0 Å². The van der Waals surface area contributed by atoms with Gasteiger partial charge in [-0.25, -0.2) is 22.5 Å². The van der Waals surface area contributed by atoms with Crippen LogP contribution in [0.25, 0.3) is 22.2 Å². The quantitative estimate of drug-likeness (QED) is 0.449. The zero-order valence-electron chi connectivity index (χ0n) is 18.9. The van der Waals surface area contributed by atoms with Crippen molar-refractivity contribution in [3.05, 3.63) is 30.3 Å². The Morgan fingerprint density at radius 3 is 1.91 bits per heavy atom. The fraction of sp³-hybridized carbons (Fsp3) is 0.522. The van der Waals surface area contributed by atoms with E-state index in [1.165, 1.54) is 0 Å². The molecule has 2 N–H and O–H groups in total. The SMILES string of the molecule is Nc1nc(-c2nc(-c3ccccc3)ns2)nc(N(C2CCC(F)(F)CC2)C2CCC(F)(F)CC2)n1. The molecule has 0 atom stereocenters. The van der Waals surface area contributed by atoms with Crippen molar-refractivity contribution in [2.75, 3.05) is 10.6 Å². The second-order valence-electron chi connectivity index (χ2n) is 9.19. The van der Waals surface area contributed by atoms with Crippen molar-refractivity contribution in [3.63, 3.8) is 0 Å². The number of benzene rings is 1. The van der Waals surface area contributed by atoms with Gasteiger partial charge >= 0.3 is 0 Å². The molecule has 2 saturated carbocycles. The minimum Gasteiger partial charge on any atom is -0.368 e.